The second-order valence-electron chi connectivity index (χ2n) is 2.04. The number of carbonyl (C=O) groups is 1. The van der Waals surface area contributed by atoms with Crippen molar-refractivity contribution in [1.82, 2.24) is 15.3 Å². The van der Waals surface area contributed by atoms with Crippen LogP contribution in [-0.2, 0) is 0 Å². The van der Waals surface area contributed by atoms with Gasteiger partial charge in [-0.15, -0.1) is 11.6 Å². The van der Waals surface area contributed by atoms with Gasteiger partial charge in [-0.1, -0.05) is 0 Å². The number of carbonyl (C=O) groups excluding carboxylic acids is 1. The highest BCUT2D eigenvalue weighted by molar-refractivity contribution is 6.18. The molecule has 0 aliphatic heterocycles. The van der Waals surface area contributed by atoms with Crippen molar-refractivity contribution in [2.45, 2.75) is 0 Å². The Kier molecular flexibility index (Phi) is 3.47. The van der Waals surface area contributed by atoms with Gasteiger partial charge in [0.15, 0.2) is 0 Å². The quantitative estimate of drug-likeness (QED) is 0.696. The molecule has 0 bridgehead atoms. The summed E-state index contributed by atoms with van der Waals surface area (Å²) in [5.74, 6) is 0.176. The van der Waals surface area contributed by atoms with Gasteiger partial charge < -0.3 is 5.32 Å². The molecule has 1 amide bonds. The first-order valence-electron chi connectivity index (χ1n) is 3.45. The molecule has 1 rings (SSSR count). The Bertz CT molecular complexity index is 252. The van der Waals surface area contributed by atoms with E-state index in [2.05, 4.69) is 15.3 Å². The molecule has 0 saturated carbocycles. The van der Waals surface area contributed by atoms with Gasteiger partial charge in [-0.3, -0.25) is 4.79 Å². The predicted molar refractivity (Wildman–Crippen MR) is 45.1 cm³/mol. The normalized spacial score (nSPS) is 9.42. The van der Waals surface area contributed by atoms with E-state index in [1.165, 1.54) is 12.5 Å². The first kappa shape index (κ1) is 8.93. The van der Waals surface area contributed by atoms with E-state index in [0.29, 0.717) is 18.1 Å². The lowest BCUT2D eigenvalue weighted by atomic mass is 10.4. The van der Waals surface area contributed by atoms with Gasteiger partial charge in [0.1, 0.15) is 12.0 Å². The molecule has 0 unspecified atom stereocenters. The maximum Gasteiger partial charge on any atom is 0.270 e. The molecule has 64 valence electrons. The third-order valence-corrected chi connectivity index (χ3v) is 1.38. The van der Waals surface area contributed by atoms with Gasteiger partial charge in [-0.05, 0) is 6.07 Å². The summed E-state index contributed by atoms with van der Waals surface area (Å²) in [7, 11) is 0. The van der Waals surface area contributed by atoms with Gasteiger partial charge in [0.2, 0.25) is 0 Å². The highest BCUT2D eigenvalue weighted by Crippen LogP contribution is 1.89. The molecule has 0 atom stereocenters. The van der Waals surface area contributed by atoms with Crippen molar-refractivity contribution in [2.75, 3.05) is 12.4 Å². The van der Waals surface area contributed by atoms with Crippen molar-refractivity contribution in [3.8, 4) is 0 Å². The van der Waals surface area contributed by atoms with E-state index in [0.717, 1.165) is 0 Å². The summed E-state index contributed by atoms with van der Waals surface area (Å²) in [6, 6.07) is 1.55. The molecule has 12 heavy (non-hydrogen) atoms. The van der Waals surface area contributed by atoms with Crippen molar-refractivity contribution in [3.63, 3.8) is 0 Å². The highest BCUT2D eigenvalue weighted by atomic mass is 35.5. The zero-order valence-electron chi connectivity index (χ0n) is 6.33. The second-order valence-corrected chi connectivity index (χ2v) is 2.42. The number of rotatable bonds is 3. The summed E-state index contributed by atoms with van der Waals surface area (Å²) in [4.78, 5) is 18.6. The number of aromatic nitrogens is 2. The molecule has 0 fully saturated rings. The van der Waals surface area contributed by atoms with Crippen molar-refractivity contribution in [1.29, 1.82) is 0 Å². The van der Waals surface area contributed by atoms with Gasteiger partial charge in [0, 0.05) is 18.6 Å². The topological polar surface area (TPSA) is 54.9 Å². The summed E-state index contributed by atoms with van der Waals surface area (Å²) >= 11 is 5.39. The van der Waals surface area contributed by atoms with Crippen LogP contribution in [0.5, 0.6) is 0 Å². The number of hydrogen-bond acceptors (Lipinski definition) is 3. The molecule has 1 aromatic heterocycles. The lowest BCUT2D eigenvalue weighted by molar-refractivity contribution is 0.0951. The van der Waals surface area contributed by atoms with Crippen LogP contribution in [0.25, 0.3) is 0 Å². The van der Waals surface area contributed by atoms with Crippen LogP contribution in [0.3, 0.4) is 0 Å². The van der Waals surface area contributed by atoms with E-state index >= 15 is 0 Å². The van der Waals surface area contributed by atoms with Crippen molar-refractivity contribution >= 4 is 17.5 Å². The minimum absolute atomic E-state index is 0.224. The third kappa shape index (κ3) is 2.47. The summed E-state index contributed by atoms with van der Waals surface area (Å²) in [6.07, 6.45) is 2.85. The molecular weight excluding hydrogens is 178 g/mol. The Morgan fingerprint density at radius 3 is 3.08 bits per heavy atom. The molecule has 0 aliphatic rings. The van der Waals surface area contributed by atoms with Crippen LogP contribution < -0.4 is 5.32 Å². The van der Waals surface area contributed by atoms with E-state index in [4.69, 9.17) is 11.6 Å². The minimum Gasteiger partial charge on any atom is -0.350 e. The zero-order valence-corrected chi connectivity index (χ0v) is 7.08. The van der Waals surface area contributed by atoms with Crippen LogP contribution in [0.15, 0.2) is 18.6 Å². The SMILES string of the molecule is O=C(NCCCl)c1ccncn1. The fraction of sp³-hybridized carbons (Fsp3) is 0.286. The zero-order chi connectivity index (χ0) is 8.81. The number of amides is 1. The predicted octanol–water partition coefficient (Wildman–Crippen LogP) is 0.445. The molecule has 1 aromatic rings. The smallest absolute Gasteiger partial charge is 0.270 e. The standard InChI is InChI=1S/C7H8ClN3O/c8-2-4-10-7(12)6-1-3-9-5-11-6/h1,3,5H,2,4H2,(H,10,12). The summed E-state index contributed by atoms with van der Waals surface area (Å²) in [6.45, 7) is 0.449. The van der Waals surface area contributed by atoms with Crippen LogP contribution in [0.2, 0.25) is 0 Å². The molecule has 4 nitrogen and oxygen atoms in total. The largest absolute Gasteiger partial charge is 0.350 e. The lowest BCUT2D eigenvalue weighted by Crippen LogP contribution is -2.26. The lowest BCUT2D eigenvalue weighted by Gasteiger charge is -1.99. The molecule has 1 heterocycles. The minimum atomic E-state index is -0.224. The molecule has 0 saturated heterocycles. The molecule has 0 aliphatic carbocycles. The third-order valence-electron chi connectivity index (χ3n) is 1.19. The summed E-state index contributed by atoms with van der Waals surface area (Å²) in [5.41, 5.74) is 0.357. The Morgan fingerprint density at radius 1 is 1.67 bits per heavy atom. The van der Waals surface area contributed by atoms with Crippen molar-refractivity contribution in [3.05, 3.63) is 24.3 Å². The van der Waals surface area contributed by atoms with Crippen LogP contribution in [0, 0.1) is 0 Å². The van der Waals surface area contributed by atoms with E-state index in [1.807, 2.05) is 0 Å². The number of nitrogens with one attached hydrogen (secondary N) is 1. The second kappa shape index (κ2) is 4.66. The Hall–Kier alpha value is -1.16. The van der Waals surface area contributed by atoms with E-state index in [9.17, 15) is 4.79 Å². The average Bonchev–Trinajstić information content (AvgIpc) is 2.15. The fourth-order valence-electron chi connectivity index (χ4n) is 0.676. The first-order valence-corrected chi connectivity index (χ1v) is 3.98. The Morgan fingerprint density at radius 2 is 2.50 bits per heavy atom. The van der Waals surface area contributed by atoms with Gasteiger partial charge in [-0.25, -0.2) is 9.97 Å². The van der Waals surface area contributed by atoms with Gasteiger partial charge >= 0.3 is 0 Å². The van der Waals surface area contributed by atoms with E-state index in [-0.39, 0.29) is 5.91 Å². The summed E-state index contributed by atoms with van der Waals surface area (Å²) in [5, 5.41) is 2.59. The van der Waals surface area contributed by atoms with Crippen LogP contribution in [-0.4, -0.2) is 28.3 Å². The number of hydrogen-bond donors (Lipinski definition) is 1. The molecular formula is C7H8ClN3O. The van der Waals surface area contributed by atoms with E-state index in [1.54, 1.807) is 6.07 Å². The van der Waals surface area contributed by atoms with Crippen LogP contribution in [0.4, 0.5) is 0 Å². The van der Waals surface area contributed by atoms with Crippen molar-refractivity contribution in [2.24, 2.45) is 0 Å². The Labute approximate surface area is 75.0 Å². The number of alkyl halides is 1. The highest BCUT2D eigenvalue weighted by Gasteiger charge is 2.03. The van der Waals surface area contributed by atoms with Crippen LogP contribution >= 0.6 is 11.6 Å². The molecule has 0 spiro atoms. The average molecular weight is 186 g/mol. The Balaban J connectivity index is 2.54. The van der Waals surface area contributed by atoms with E-state index < -0.39 is 0 Å². The molecule has 0 radical (unpaired) electrons. The molecule has 0 aromatic carbocycles. The first-order chi connectivity index (χ1) is 5.84. The van der Waals surface area contributed by atoms with Crippen LogP contribution in [0.1, 0.15) is 10.5 Å². The van der Waals surface area contributed by atoms with Gasteiger partial charge in [-0.2, -0.15) is 0 Å². The van der Waals surface area contributed by atoms with Gasteiger partial charge in [0.25, 0.3) is 5.91 Å². The number of halogens is 1. The maximum absolute atomic E-state index is 11.1. The maximum atomic E-state index is 11.1. The molecule has 1 N–H and O–H groups in total. The van der Waals surface area contributed by atoms with Gasteiger partial charge in [0.05, 0.1) is 0 Å². The molecule has 5 heteroatoms. The summed E-state index contributed by atoms with van der Waals surface area (Å²) < 4.78 is 0. The fourth-order valence-corrected chi connectivity index (χ4v) is 0.771. The number of nitrogens with zero attached hydrogens (tertiary/aromatic N) is 2. The van der Waals surface area contributed by atoms with Crippen molar-refractivity contribution < 1.29 is 4.79 Å². The monoisotopic (exact) mass is 185 g/mol.